The quantitative estimate of drug-likeness (QED) is 0.747. The molecule has 0 amide bonds. The summed E-state index contributed by atoms with van der Waals surface area (Å²) in [5.41, 5.74) is 6.95. The van der Waals surface area contributed by atoms with Gasteiger partial charge in [-0.05, 0) is 31.1 Å². The predicted octanol–water partition coefficient (Wildman–Crippen LogP) is 2.77. The molecule has 16 heavy (non-hydrogen) atoms. The van der Waals surface area contributed by atoms with Crippen LogP contribution in [0, 0.1) is 5.41 Å². The molecule has 1 saturated carbocycles. The van der Waals surface area contributed by atoms with Gasteiger partial charge in [0.15, 0.2) is 0 Å². The fourth-order valence-electron chi connectivity index (χ4n) is 3.52. The third-order valence-electron chi connectivity index (χ3n) is 5.08. The maximum absolute atomic E-state index is 6.32. The Balaban J connectivity index is 1.89. The molecule has 1 aliphatic heterocycles. The van der Waals surface area contributed by atoms with Crippen molar-refractivity contribution in [2.24, 2.45) is 11.1 Å². The fraction of sp³-hybridized carbons (Fsp3) is 1.00. The van der Waals surface area contributed by atoms with E-state index in [0.29, 0.717) is 17.5 Å². The molecular weight excluding hydrogens is 196 g/mol. The van der Waals surface area contributed by atoms with Crippen LogP contribution in [-0.4, -0.2) is 30.1 Å². The van der Waals surface area contributed by atoms with E-state index in [1.54, 1.807) is 0 Å². The molecule has 2 nitrogen and oxygen atoms in total. The van der Waals surface area contributed by atoms with E-state index >= 15 is 0 Å². The van der Waals surface area contributed by atoms with Gasteiger partial charge in [-0.2, -0.15) is 0 Å². The number of nitrogens with zero attached hydrogens (tertiary/aromatic N) is 1. The van der Waals surface area contributed by atoms with Gasteiger partial charge in [-0.15, -0.1) is 0 Å². The summed E-state index contributed by atoms with van der Waals surface area (Å²) in [5.74, 6) is 0. The molecule has 2 heteroatoms. The van der Waals surface area contributed by atoms with Gasteiger partial charge in [-0.3, -0.25) is 4.90 Å². The summed E-state index contributed by atoms with van der Waals surface area (Å²) in [6.45, 7) is 7.29. The van der Waals surface area contributed by atoms with Gasteiger partial charge in [0, 0.05) is 25.2 Å². The highest BCUT2D eigenvalue weighted by atomic mass is 15.2. The van der Waals surface area contributed by atoms with E-state index in [2.05, 4.69) is 18.7 Å². The molecule has 2 aliphatic rings. The van der Waals surface area contributed by atoms with E-state index in [0.717, 1.165) is 0 Å². The summed E-state index contributed by atoms with van der Waals surface area (Å²) in [5, 5.41) is 0. The van der Waals surface area contributed by atoms with Gasteiger partial charge in [-0.1, -0.05) is 33.1 Å². The Morgan fingerprint density at radius 1 is 1.06 bits per heavy atom. The minimum absolute atomic E-state index is 0.439. The average Bonchev–Trinajstić information content (AvgIpc) is 2.44. The first kappa shape index (κ1) is 12.4. The largest absolute Gasteiger partial charge is 0.326 e. The Morgan fingerprint density at radius 2 is 1.69 bits per heavy atom. The molecule has 0 aromatic heterocycles. The second-order valence-electron chi connectivity index (χ2n) is 5.98. The molecular formula is C14H28N2. The second-order valence-corrected chi connectivity index (χ2v) is 5.98. The third kappa shape index (κ3) is 2.28. The first-order chi connectivity index (χ1) is 7.71. The van der Waals surface area contributed by atoms with Crippen molar-refractivity contribution in [3.05, 3.63) is 0 Å². The molecule has 94 valence electrons. The first-order valence-corrected chi connectivity index (χ1v) is 7.20. The third-order valence-corrected chi connectivity index (χ3v) is 5.08. The molecule has 2 fully saturated rings. The van der Waals surface area contributed by atoms with Crippen LogP contribution in [0.15, 0.2) is 0 Å². The van der Waals surface area contributed by atoms with Gasteiger partial charge in [0.2, 0.25) is 0 Å². The molecule has 0 aromatic carbocycles. The SMILES string of the molecule is CCC1(CC)CN(C2CCCCCC2N)C1. The molecule has 2 N–H and O–H groups in total. The maximum Gasteiger partial charge on any atom is 0.0247 e. The van der Waals surface area contributed by atoms with Crippen LogP contribution in [0.2, 0.25) is 0 Å². The topological polar surface area (TPSA) is 29.3 Å². The Bertz CT molecular complexity index is 215. The van der Waals surface area contributed by atoms with Gasteiger partial charge in [-0.25, -0.2) is 0 Å². The van der Waals surface area contributed by atoms with Gasteiger partial charge in [0.05, 0.1) is 0 Å². The monoisotopic (exact) mass is 224 g/mol. The Morgan fingerprint density at radius 3 is 2.31 bits per heavy atom. The predicted molar refractivity (Wildman–Crippen MR) is 69.4 cm³/mol. The summed E-state index contributed by atoms with van der Waals surface area (Å²) >= 11 is 0. The van der Waals surface area contributed by atoms with Crippen molar-refractivity contribution in [1.82, 2.24) is 4.90 Å². The summed E-state index contributed by atoms with van der Waals surface area (Å²) in [4.78, 5) is 2.67. The maximum atomic E-state index is 6.32. The lowest BCUT2D eigenvalue weighted by Crippen LogP contribution is -2.62. The Labute approximate surface area is 101 Å². The van der Waals surface area contributed by atoms with Crippen molar-refractivity contribution in [3.63, 3.8) is 0 Å². The van der Waals surface area contributed by atoms with Crippen LogP contribution in [-0.2, 0) is 0 Å². The molecule has 2 atom stereocenters. The highest BCUT2D eigenvalue weighted by molar-refractivity contribution is 4.98. The van der Waals surface area contributed by atoms with Crippen molar-refractivity contribution in [1.29, 1.82) is 0 Å². The zero-order chi connectivity index (χ0) is 11.6. The molecule has 2 rings (SSSR count). The second kappa shape index (κ2) is 5.05. The zero-order valence-electron chi connectivity index (χ0n) is 11.0. The fourth-order valence-corrected chi connectivity index (χ4v) is 3.52. The van der Waals surface area contributed by atoms with E-state index in [9.17, 15) is 0 Å². The standard InChI is InChI=1S/C14H28N2/c1-3-14(4-2)10-16(11-14)13-9-7-5-6-8-12(13)15/h12-13H,3-11,15H2,1-2H3. The van der Waals surface area contributed by atoms with Crippen molar-refractivity contribution in [3.8, 4) is 0 Å². The number of hydrogen-bond acceptors (Lipinski definition) is 2. The van der Waals surface area contributed by atoms with Crippen LogP contribution in [0.1, 0.15) is 58.8 Å². The van der Waals surface area contributed by atoms with E-state index in [1.165, 1.54) is 58.0 Å². The van der Waals surface area contributed by atoms with E-state index in [4.69, 9.17) is 5.73 Å². The van der Waals surface area contributed by atoms with Crippen LogP contribution in [0.5, 0.6) is 0 Å². The van der Waals surface area contributed by atoms with Crippen LogP contribution >= 0.6 is 0 Å². The number of nitrogens with two attached hydrogens (primary N) is 1. The van der Waals surface area contributed by atoms with Crippen molar-refractivity contribution in [2.45, 2.75) is 70.9 Å². The Hall–Kier alpha value is -0.0800. The summed E-state index contributed by atoms with van der Waals surface area (Å²) in [6.07, 6.45) is 9.38. The van der Waals surface area contributed by atoms with Gasteiger partial charge in [0.25, 0.3) is 0 Å². The number of rotatable bonds is 3. The van der Waals surface area contributed by atoms with Crippen LogP contribution in [0.3, 0.4) is 0 Å². The lowest BCUT2D eigenvalue weighted by Gasteiger charge is -2.54. The average molecular weight is 224 g/mol. The lowest BCUT2D eigenvalue weighted by atomic mass is 9.73. The summed E-state index contributed by atoms with van der Waals surface area (Å²) < 4.78 is 0. The molecule has 1 aliphatic carbocycles. The van der Waals surface area contributed by atoms with Crippen LogP contribution in [0.4, 0.5) is 0 Å². The Kier molecular flexibility index (Phi) is 3.91. The van der Waals surface area contributed by atoms with Crippen LogP contribution in [0.25, 0.3) is 0 Å². The van der Waals surface area contributed by atoms with Gasteiger partial charge in [0.1, 0.15) is 0 Å². The zero-order valence-corrected chi connectivity index (χ0v) is 11.0. The summed E-state index contributed by atoms with van der Waals surface area (Å²) in [6, 6.07) is 1.13. The normalized spacial score (nSPS) is 35.4. The van der Waals surface area contributed by atoms with E-state index in [1.807, 2.05) is 0 Å². The molecule has 1 heterocycles. The lowest BCUT2D eigenvalue weighted by molar-refractivity contribution is -0.0452. The summed E-state index contributed by atoms with van der Waals surface area (Å²) in [7, 11) is 0. The van der Waals surface area contributed by atoms with Gasteiger partial charge < -0.3 is 5.73 Å². The molecule has 0 spiro atoms. The first-order valence-electron chi connectivity index (χ1n) is 7.20. The minimum atomic E-state index is 0.439. The molecule has 0 aromatic rings. The molecule has 1 saturated heterocycles. The molecule has 0 bridgehead atoms. The van der Waals surface area contributed by atoms with Crippen molar-refractivity contribution < 1.29 is 0 Å². The van der Waals surface area contributed by atoms with Gasteiger partial charge >= 0.3 is 0 Å². The van der Waals surface area contributed by atoms with Crippen LogP contribution < -0.4 is 5.73 Å². The number of likely N-dealkylation sites (tertiary alicyclic amines) is 1. The van der Waals surface area contributed by atoms with Crippen molar-refractivity contribution >= 4 is 0 Å². The molecule has 0 radical (unpaired) electrons. The highest BCUT2D eigenvalue weighted by Gasteiger charge is 2.43. The number of hydrogen-bond donors (Lipinski definition) is 1. The van der Waals surface area contributed by atoms with Crippen molar-refractivity contribution in [2.75, 3.05) is 13.1 Å². The van der Waals surface area contributed by atoms with E-state index in [-0.39, 0.29) is 0 Å². The molecule has 2 unspecified atom stereocenters. The van der Waals surface area contributed by atoms with E-state index < -0.39 is 0 Å². The minimum Gasteiger partial charge on any atom is -0.326 e. The highest BCUT2D eigenvalue weighted by Crippen LogP contribution is 2.40. The smallest absolute Gasteiger partial charge is 0.0247 e.